The molecule has 0 radical (unpaired) electrons. The molecule has 30 heavy (non-hydrogen) atoms. The van der Waals surface area contributed by atoms with Crippen molar-refractivity contribution >= 4 is 23.6 Å². The number of amides is 1. The molecule has 0 aliphatic rings. The monoisotopic (exact) mass is 411 g/mol. The molecule has 2 aromatic carbocycles. The number of esters is 1. The molecular weight excluding hydrogens is 382 g/mol. The van der Waals surface area contributed by atoms with Gasteiger partial charge in [-0.25, -0.2) is 4.79 Å². The predicted molar refractivity (Wildman–Crippen MR) is 118 cm³/mol. The normalized spacial score (nSPS) is 11.7. The lowest BCUT2D eigenvalue weighted by Crippen LogP contribution is -2.29. The van der Waals surface area contributed by atoms with Gasteiger partial charge in [-0.15, -0.1) is 0 Å². The van der Waals surface area contributed by atoms with E-state index < -0.39 is 18.0 Å². The van der Waals surface area contributed by atoms with Crippen molar-refractivity contribution in [2.24, 2.45) is 0 Å². The van der Waals surface area contributed by atoms with Crippen LogP contribution in [0.4, 0.5) is 5.69 Å². The van der Waals surface area contributed by atoms with Gasteiger partial charge in [0.05, 0.1) is 13.2 Å². The fourth-order valence-electron chi connectivity index (χ4n) is 2.54. The van der Waals surface area contributed by atoms with Gasteiger partial charge in [-0.2, -0.15) is 0 Å². The molecule has 6 heteroatoms. The Labute approximate surface area is 177 Å². The van der Waals surface area contributed by atoms with Crippen LogP contribution in [0.15, 0.2) is 54.6 Å². The van der Waals surface area contributed by atoms with Gasteiger partial charge < -0.3 is 19.5 Å². The Balaban J connectivity index is 1.94. The highest BCUT2D eigenvalue weighted by atomic mass is 16.5. The molecule has 0 aromatic heterocycles. The third-order valence-electron chi connectivity index (χ3n) is 4.14. The van der Waals surface area contributed by atoms with Crippen LogP contribution in [0.25, 0.3) is 6.08 Å². The summed E-state index contributed by atoms with van der Waals surface area (Å²) in [5.74, 6) is 0.304. The highest BCUT2D eigenvalue weighted by Gasteiger charge is 2.16. The molecule has 0 aliphatic carbocycles. The predicted octanol–water partition coefficient (Wildman–Crippen LogP) is 4.85. The molecule has 0 saturated carbocycles. The number of anilines is 1. The van der Waals surface area contributed by atoms with Crippen molar-refractivity contribution in [3.8, 4) is 11.5 Å². The van der Waals surface area contributed by atoms with Gasteiger partial charge in [-0.3, -0.25) is 4.79 Å². The molecule has 0 heterocycles. The van der Waals surface area contributed by atoms with Crippen molar-refractivity contribution in [3.05, 3.63) is 60.2 Å². The second-order valence-corrected chi connectivity index (χ2v) is 6.61. The Morgan fingerprint density at radius 3 is 2.50 bits per heavy atom. The van der Waals surface area contributed by atoms with E-state index in [1.807, 2.05) is 37.3 Å². The summed E-state index contributed by atoms with van der Waals surface area (Å²) in [7, 11) is 0. The third kappa shape index (κ3) is 7.62. The van der Waals surface area contributed by atoms with E-state index >= 15 is 0 Å². The zero-order valence-electron chi connectivity index (χ0n) is 17.7. The summed E-state index contributed by atoms with van der Waals surface area (Å²) in [5.41, 5.74) is 1.41. The minimum absolute atomic E-state index is 0.393. The number of ether oxygens (including phenoxy) is 3. The number of carbonyl (C=O) groups is 2. The Bertz CT molecular complexity index is 848. The number of nitrogens with one attached hydrogen (secondary N) is 1. The van der Waals surface area contributed by atoms with Crippen molar-refractivity contribution in [1.82, 2.24) is 0 Å². The highest BCUT2D eigenvalue weighted by Crippen LogP contribution is 2.29. The first-order valence-corrected chi connectivity index (χ1v) is 10.2. The molecule has 2 rings (SSSR count). The molecule has 0 spiro atoms. The molecule has 6 nitrogen and oxygen atoms in total. The maximum Gasteiger partial charge on any atom is 0.331 e. The number of rotatable bonds is 11. The lowest BCUT2D eigenvalue weighted by molar-refractivity contribution is -0.148. The van der Waals surface area contributed by atoms with Crippen molar-refractivity contribution in [2.45, 2.75) is 39.7 Å². The van der Waals surface area contributed by atoms with Crippen LogP contribution in [0.5, 0.6) is 11.5 Å². The average molecular weight is 411 g/mol. The minimum atomic E-state index is -0.921. The van der Waals surface area contributed by atoms with Crippen LogP contribution in [-0.2, 0) is 14.3 Å². The van der Waals surface area contributed by atoms with Crippen molar-refractivity contribution < 1.29 is 23.8 Å². The summed E-state index contributed by atoms with van der Waals surface area (Å²) in [4.78, 5) is 24.2. The standard InChI is InChI=1S/C24H29NO5/c1-4-6-16-29-21-14-12-19(17-22(21)28-5-2)13-15-23(26)30-18(3)24(27)25-20-10-8-7-9-11-20/h7-15,17-18H,4-6,16H2,1-3H3,(H,25,27)/b15-13+/t18-/m1/s1. The van der Waals surface area contributed by atoms with E-state index in [1.54, 1.807) is 24.3 Å². The first-order valence-electron chi connectivity index (χ1n) is 10.2. The van der Waals surface area contributed by atoms with Crippen LogP contribution >= 0.6 is 0 Å². The molecule has 0 aliphatic heterocycles. The van der Waals surface area contributed by atoms with Gasteiger partial charge in [0.25, 0.3) is 5.91 Å². The van der Waals surface area contributed by atoms with Gasteiger partial charge in [0.15, 0.2) is 17.6 Å². The Morgan fingerprint density at radius 2 is 1.80 bits per heavy atom. The SMILES string of the molecule is CCCCOc1ccc(/C=C/C(=O)O[C@H](C)C(=O)Nc2ccccc2)cc1OCC. The first kappa shape index (κ1) is 23.0. The number of hydrogen-bond acceptors (Lipinski definition) is 5. The van der Waals surface area contributed by atoms with Crippen LogP contribution < -0.4 is 14.8 Å². The van der Waals surface area contributed by atoms with Crippen LogP contribution in [0, 0.1) is 0 Å². The molecule has 160 valence electrons. The third-order valence-corrected chi connectivity index (χ3v) is 4.14. The zero-order valence-corrected chi connectivity index (χ0v) is 17.7. The van der Waals surface area contributed by atoms with Gasteiger partial charge >= 0.3 is 5.97 Å². The summed E-state index contributed by atoms with van der Waals surface area (Å²) < 4.78 is 16.6. The van der Waals surface area contributed by atoms with Crippen LogP contribution in [0.3, 0.4) is 0 Å². The number of carbonyl (C=O) groups excluding carboxylic acids is 2. The number of benzene rings is 2. The summed E-state index contributed by atoms with van der Waals surface area (Å²) in [6.07, 6.45) is 4.00. The Hall–Kier alpha value is -3.28. The average Bonchev–Trinajstić information content (AvgIpc) is 2.74. The molecular formula is C24H29NO5. The molecule has 0 bridgehead atoms. The van der Waals surface area contributed by atoms with Crippen LogP contribution in [-0.4, -0.2) is 31.2 Å². The van der Waals surface area contributed by atoms with Gasteiger partial charge in [-0.05, 0) is 56.2 Å². The molecule has 0 saturated heterocycles. The molecule has 1 amide bonds. The van der Waals surface area contributed by atoms with E-state index in [9.17, 15) is 9.59 Å². The van der Waals surface area contributed by atoms with Crippen LogP contribution in [0.2, 0.25) is 0 Å². The highest BCUT2D eigenvalue weighted by molar-refractivity contribution is 5.96. The zero-order chi connectivity index (χ0) is 21.8. The topological polar surface area (TPSA) is 73.9 Å². The molecule has 2 aromatic rings. The second-order valence-electron chi connectivity index (χ2n) is 6.61. The second kappa shape index (κ2) is 12.3. The lowest BCUT2D eigenvalue weighted by atomic mass is 10.2. The van der Waals surface area contributed by atoms with E-state index in [-0.39, 0.29) is 0 Å². The Kier molecular flexibility index (Phi) is 9.45. The number of para-hydroxylation sites is 1. The van der Waals surface area contributed by atoms with Crippen molar-refractivity contribution in [1.29, 1.82) is 0 Å². The smallest absolute Gasteiger partial charge is 0.331 e. The fourth-order valence-corrected chi connectivity index (χ4v) is 2.54. The molecule has 0 fully saturated rings. The lowest BCUT2D eigenvalue weighted by Gasteiger charge is -2.13. The fraction of sp³-hybridized carbons (Fsp3) is 0.333. The molecule has 0 unspecified atom stereocenters. The number of unbranched alkanes of at least 4 members (excludes halogenated alkanes) is 1. The summed E-state index contributed by atoms with van der Waals surface area (Å²) >= 11 is 0. The van der Waals surface area contributed by atoms with E-state index in [0.29, 0.717) is 30.4 Å². The minimum Gasteiger partial charge on any atom is -0.490 e. The van der Waals surface area contributed by atoms with Gasteiger partial charge in [0.2, 0.25) is 0 Å². The van der Waals surface area contributed by atoms with Crippen molar-refractivity contribution in [3.63, 3.8) is 0 Å². The van der Waals surface area contributed by atoms with E-state index in [2.05, 4.69) is 12.2 Å². The summed E-state index contributed by atoms with van der Waals surface area (Å²) in [5, 5.41) is 2.70. The largest absolute Gasteiger partial charge is 0.490 e. The van der Waals surface area contributed by atoms with Gasteiger partial charge in [-0.1, -0.05) is 37.6 Å². The maximum absolute atomic E-state index is 12.1. The number of hydrogen-bond donors (Lipinski definition) is 1. The molecule has 1 atom stereocenters. The van der Waals surface area contributed by atoms with E-state index in [1.165, 1.54) is 13.0 Å². The maximum atomic E-state index is 12.1. The first-order chi connectivity index (χ1) is 14.5. The van der Waals surface area contributed by atoms with E-state index in [0.717, 1.165) is 18.4 Å². The Morgan fingerprint density at radius 1 is 1.03 bits per heavy atom. The van der Waals surface area contributed by atoms with Gasteiger partial charge in [0, 0.05) is 11.8 Å². The van der Waals surface area contributed by atoms with Gasteiger partial charge in [0.1, 0.15) is 0 Å². The van der Waals surface area contributed by atoms with E-state index in [4.69, 9.17) is 14.2 Å². The summed E-state index contributed by atoms with van der Waals surface area (Å²) in [6.45, 7) is 6.66. The molecule has 1 N–H and O–H groups in total. The van der Waals surface area contributed by atoms with Crippen molar-refractivity contribution in [2.75, 3.05) is 18.5 Å². The van der Waals surface area contributed by atoms with Crippen LogP contribution in [0.1, 0.15) is 39.2 Å². The summed E-state index contributed by atoms with van der Waals surface area (Å²) in [6, 6.07) is 14.5. The quantitative estimate of drug-likeness (QED) is 0.325.